The number of benzene rings is 3. The van der Waals surface area contributed by atoms with E-state index in [4.69, 9.17) is 14.2 Å². The predicted octanol–water partition coefficient (Wildman–Crippen LogP) is 3.53. The van der Waals surface area contributed by atoms with Crippen molar-refractivity contribution in [3.05, 3.63) is 89.7 Å². The van der Waals surface area contributed by atoms with Crippen molar-refractivity contribution in [3.8, 4) is 17.2 Å². The van der Waals surface area contributed by atoms with Crippen molar-refractivity contribution in [2.75, 3.05) is 32.8 Å². The summed E-state index contributed by atoms with van der Waals surface area (Å²) in [4.78, 5) is 29.6. The quantitative estimate of drug-likeness (QED) is 0.564. The van der Waals surface area contributed by atoms with E-state index in [2.05, 4.69) is 0 Å². The lowest BCUT2D eigenvalue weighted by Crippen LogP contribution is -2.55. The third kappa shape index (κ3) is 5.06. The Morgan fingerprint density at radius 3 is 2.29 bits per heavy atom. The molecule has 0 N–H and O–H groups in total. The molecule has 0 spiro atoms. The fourth-order valence-corrected chi connectivity index (χ4v) is 4.16. The average Bonchev–Trinajstić information content (AvgIpc) is 2.92. The third-order valence-electron chi connectivity index (χ3n) is 6.09. The first-order valence-corrected chi connectivity index (χ1v) is 11.5. The summed E-state index contributed by atoms with van der Waals surface area (Å²) in [5.74, 6) is 1.05. The number of carbonyl (C=O) groups excluding carboxylic acids is 2. The van der Waals surface area contributed by atoms with E-state index in [1.54, 1.807) is 52.3 Å². The van der Waals surface area contributed by atoms with E-state index in [-0.39, 0.29) is 30.8 Å². The summed E-state index contributed by atoms with van der Waals surface area (Å²) in [6.07, 6.45) is -0.701. The fourth-order valence-electron chi connectivity index (χ4n) is 4.16. The normalized spacial score (nSPS) is 17.1. The molecule has 5 rings (SSSR count). The third-order valence-corrected chi connectivity index (χ3v) is 6.09. The maximum absolute atomic E-state index is 13.2. The van der Waals surface area contributed by atoms with Gasteiger partial charge in [-0.15, -0.1) is 0 Å². The monoisotopic (exact) mass is 476 g/mol. The second-order valence-corrected chi connectivity index (χ2v) is 8.39. The zero-order valence-electron chi connectivity index (χ0n) is 19.1. The highest BCUT2D eigenvalue weighted by Crippen LogP contribution is 2.31. The Labute approximate surface area is 202 Å². The van der Waals surface area contributed by atoms with E-state index in [9.17, 15) is 14.0 Å². The fraction of sp³-hybridized carbons (Fsp3) is 0.259. The largest absolute Gasteiger partial charge is 0.488 e. The first-order valence-electron chi connectivity index (χ1n) is 11.5. The summed E-state index contributed by atoms with van der Waals surface area (Å²) >= 11 is 0. The van der Waals surface area contributed by atoms with E-state index in [1.165, 1.54) is 12.1 Å². The molecule has 2 aliphatic heterocycles. The van der Waals surface area contributed by atoms with Crippen LogP contribution in [0.4, 0.5) is 4.39 Å². The Bertz CT molecular complexity index is 1210. The molecule has 0 saturated carbocycles. The molecule has 180 valence electrons. The summed E-state index contributed by atoms with van der Waals surface area (Å²) in [5, 5.41) is 0. The van der Waals surface area contributed by atoms with Gasteiger partial charge in [0, 0.05) is 26.2 Å². The van der Waals surface area contributed by atoms with Gasteiger partial charge < -0.3 is 24.0 Å². The number of carbonyl (C=O) groups is 2. The zero-order valence-corrected chi connectivity index (χ0v) is 19.1. The number of rotatable bonds is 5. The maximum atomic E-state index is 13.2. The Kier molecular flexibility index (Phi) is 6.52. The molecule has 1 atom stereocenters. The minimum Gasteiger partial charge on any atom is -0.488 e. The smallest absolute Gasteiger partial charge is 0.267 e. The number of nitrogens with zero attached hydrogens (tertiary/aromatic N) is 2. The SMILES string of the molecule is O=C(c1ccccc1OCc1ccc(F)cc1)N1CCN(C(=O)C2COc3ccccc3O2)CC1. The van der Waals surface area contributed by atoms with Gasteiger partial charge in [-0.25, -0.2) is 4.39 Å². The van der Waals surface area contributed by atoms with Crippen LogP contribution in [0, 0.1) is 5.82 Å². The van der Waals surface area contributed by atoms with Gasteiger partial charge in [0.2, 0.25) is 6.10 Å². The molecule has 2 aliphatic rings. The van der Waals surface area contributed by atoms with E-state index in [0.29, 0.717) is 49.0 Å². The number of amides is 2. The van der Waals surface area contributed by atoms with Gasteiger partial charge in [-0.05, 0) is 42.0 Å². The van der Waals surface area contributed by atoms with Gasteiger partial charge in [-0.1, -0.05) is 36.4 Å². The van der Waals surface area contributed by atoms with Crippen molar-refractivity contribution >= 4 is 11.8 Å². The van der Waals surface area contributed by atoms with Crippen LogP contribution in [0.25, 0.3) is 0 Å². The molecule has 0 aromatic heterocycles. The molecule has 1 saturated heterocycles. The molecule has 8 heteroatoms. The molecule has 1 unspecified atom stereocenters. The van der Waals surface area contributed by atoms with Crippen molar-refractivity contribution in [2.45, 2.75) is 12.7 Å². The number of hydrogen-bond acceptors (Lipinski definition) is 5. The van der Waals surface area contributed by atoms with Crippen molar-refractivity contribution in [1.82, 2.24) is 9.80 Å². The van der Waals surface area contributed by atoms with Crippen molar-refractivity contribution in [3.63, 3.8) is 0 Å². The number of halogens is 1. The van der Waals surface area contributed by atoms with Crippen LogP contribution in [-0.4, -0.2) is 60.5 Å². The molecule has 0 radical (unpaired) electrons. The van der Waals surface area contributed by atoms with Crippen LogP contribution in [0.1, 0.15) is 15.9 Å². The first kappa shape index (κ1) is 22.7. The highest BCUT2D eigenvalue weighted by molar-refractivity contribution is 5.97. The summed E-state index contributed by atoms with van der Waals surface area (Å²) < 4.78 is 30.5. The van der Waals surface area contributed by atoms with Crippen LogP contribution in [0.5, 0.6) is 17.2 Å². The van der Waals surface area contributed by atoms with E-state index >= 15 is 0 Å². The Morgan fingerprint density at radius 1 is 0.857 bits per heavy atom. The van der Waals surface area contributed by atoms with Gasteiger partial charge in [0.05, 0.1) is 5.56 Å². The Balaban J connectivity index is 1.18. The lowest BCUT2D eigenvalue weighted by atomic mass is 10.1. The number of fused-ring (bicyclic) bond motifs is 1. The van der Waals surface area contributed by atoms with Gasteiger partial charge in [-0.2, -0.15) is 0 Å². The second kappa shape index (κ2) is 10.0. The lowest BCUT2D eigenvalue weighted by Gasteiger charge is -2.37. The van der Waals surface area contributed by atoms with Gasteiger partial charge in [0.15, 0.2) is 11.5 Å². The number of piperazine rings is 1. The first-order chi connectivity index (χ1) is 17.1. The molecule has 0 aliphatic carbocycles. The van der Waals surface area contributed by atoms with Crippen LogP contribution in [-0.2, 0) is 11.4 Å². The lowest BCUT2D eigenvalue weighted by molar-refractivity contribution is -0.142. The van der Waals surface area contributed by atoms with Gasteiger partial charge in [0.1, 0.15) is 24.8 Å². The highest BCUT2D eigenvalue weighted by Gasteiger charge is 2.34. The molecule has 35 heavy (non-hydrogen) atoms. The molecule has 3 aromatic rings. The molecular formula is C27H25FN2O5. The van der Waals surface area contributed by atoms with E-state index in [0.717, 1.165) is 5.56 Å². The van der Waals surface area contributed by atoms with Crippen LogP contribution < -0.4 is 14.2 Å². The standard InChI is InChI=1S/C27H25FN2O5/c28-20-11-9-19(10-12-20)17-33-22-6-2-1-5-21(22)26(31)29-13-15-30(16-14-29)27(32)25-18-34-23-7-3-4-8-24(23)35-25/h1-12,25H,13-18H2. The van der Waals surface area contributed by atoms with E-state index < -0.39 is 6.10 Å². The van der Waals surface area contributed by atoms with Crippen molar-refractivity contribution in [1.29, 1.82) is 0 Å². The number of hydrogen-bond donors (Lipinski definition) is 0. The highest BCUT2D eigenvalue weighted by atomic mass is 19.1. The van der Waals surface area contributed by atoms with Crippen LogP contribution in [0.15, 0.2) is 72.8 Å². The van der Waals surface area contributed by atoms with Crippen LogP contribution in [0.3, 0.4) is 0 Å². The van der Waals surface area contributed by atoms with Crippen molar-refractivity contribution < 1.29 is 28.2 Å². The molecule has 2 amide bonds. The Hall–Kier alpha value is -4.07. The number of para-hydroxylation sites is 3. The second-order valence-electron chi connectivity index (χ2n) is 8.39. The topological polar surface area (TPSA) is 68.3 Å². The summed E-state index contributed by atoms with van der Waals surface area (Å²) in [5.41, 5.74) is 1.26. The minimum absolute atomic E-state index is 0.144. The van der Waals surface area contributed by atoms with Gasteiger partial charge in [0.25, 0.3) is 11.8 Å². The summed E-state index contributed by atoms with van der Waals surface area (Å²) in [7, 11) is 0. The van der Waals surface area contributed by atoms with Crippen LogP contribution in [0.2, 0.25) is 0 Å². The van der Waals surface area contributed by atoms with Gasteiger partial charge >= 0.3 is 0 Å². The molecule has 0 bridgehead atoms. The van der Waals surface area contributed by atoms with Crippen molar-refractivity contribution in [2.24, 2.45) is 0 Å². The maximum Gasteiger partial charge on any atom is 0.267 e. The molecule has 1 fully saturated rings. The minimum atomic E-state index is -0.701. The summed E-state index contributed by atoms with van der Waals surface area (Å²) in [6, 6.07) is 20.4. The van der Waals surface area contributed by atoms with Gasteiger partial charge in [-0.3, -0.25) is 9.59 Å². The average molecular weight is 477 g/mol. The summed E-state index contributed by atoms with van der Waals surface area (Å²) in [6.45, 7) is 2.00. The van der Waals surface area contributed by atoms with E-state index in [1.807, 2.05) is 18.2 Å². The predicted molar refractivity (Wildman–Crippen MR) is 126 cm³/mol. The zero-order chi connectivity index (χ0) is 24.2. The molecule has 3 aromatic carbocycles. The Morgan fingerprint density at radius 2 is 1.51 bits per heavy atom. The van der Waals surface area contributed by atoms with Crippen LogP contribution >= 0.6 is 0 Å². The number of ether oxygens (including phenoxy) is 3. The molecule has 2 heterocycles. The molecular weight excluding hydrogens is 451 g/mol. The molecule has 7 nitrogen and oxygen atoms in total.